The van der Waals surface area contributed by atoms with Gasteiger partial charge in [-0.2, -0.15) is 5.26 Å². The minimum atomic E-state index is -0.707. The van der Waals surface area contributed by atoms with Crippen molar-refractivity contribution >= 4 is 29.2 Å². The zero-order valence-electron chi connectivity index (χ0n) is 22.8. The van der Waals surface area contributed by atoms with Gasteiger partial charge in [-0.15, -0.1) is 0 Å². The fourth-order valence-electron chi connectivity index (χ4n) is 4.61. The highest BCUT2D eigenvalue weighted by Gasteiger charge is 2.32. The average molecular weight is 621 g/mol. The van der Waals surface area contributed by atoms with Crippen LogP contribution < -0.4 is 29.4 Å². The molecule has 4 aromatic carbocycles. The lowest BCUT2D eigenvalue weighted by atomic mass is 9.83. The number of benzene rings is 4. The number of hydrogen-bond donors (Lipinski definition) is 1. The van der Waals surface area contributed by atoms with Crippen LogP contribution in [-0.2, 0) is 6.61 Å². The SMILES string of the molecule is COc1cc(C2C(C#N)=C(N)Oc3cc(OC(=O)c4cc(Cl)c(OC)c(Cl)c4)ccc32)ccc1OCc1ccc(F)cc1. The van der Waals surface area contributed by atoms with Gasteiger partial charge in [0.05, 0.1) is 35.7 Å². The summed E-state index contributed by atoms with van der Waals surface area (Å²) >= 11 is 12.3. The lowest BCUT2D eigenvalue weighted by molar-refractivity contribution is 0.0734. The fourth-order valence-corrected chi connectivity index (χ4v) is 5.25. The number of nitrogens with two attached hydrogens (primary N) is 1. The second-order valence-electron chi connectivity index (χ2n) is 9.31. The van der Waals surface area contributed by atoms with Gasteiger partial charge in [-0.3, -0.25) is 0 Å². The van der Waals surface area contributed by atoms with Gasteiger partial charge >= 0.3 is 5.97 Å². The van der Waals surface area contributed by atoms with Crippen molar-refractivity contribution in [1.82, 2.24) is 0 Å². The fraction of sp³-hybridized carbons (Fsp3) is 0.125. The van der Waals surface area contributed by atoms with Gasteiger partial charge in [0.2, 0.25) is 5.88 Å². The molecule has 1 aliphatic heterocycles. The first kappa shape index (κ1) is 29.6. The molecule has 0 radical (unpaired) electrons. The molecular weight excluding hydrogens is 598 g/mol. The maximum absolute atomic E-state index is 13.2. The number of rotatable bonds is 8. The molecule has 8 nitrogen and oxygen atoms in total. The number of fused-ring (bicyclic) bond motifs is 1. The molecule has 43 heavy (non-hydrogen) atoms. The van der Waals surface area contributed by atoms with Gasteiger partial charge in [-0.1, -0.05) is 47.5 Å². The van der Waals surface area contributed by atoms with E-state index in [4.69, 9.17) is 52.6 Å². The van der Waals surface area contributed by atoms with Crippen LogP contribution in [0, 0.1) is 17.1 Å². The quantitative estimate of drug-likeness (QED) is 0.163. The van der Waals surface area contributed by atoms with E-state index in [1.54, 1.807) is 42.5 Å². The van der Waals surface area contributed by atoms with E-state index < -0.39 is 11.9 Å². The van der Waals surface area contributed by atoms with Crippen molar-refractivity contribution in [1.29, 1.82) is 5.26 Å². The molecule has 11 heteroatoms. The van der Waals surface area contributed by atoms with Crippen LogP contribution in [0.3, 0.4) is 0 Å². The van der Waals surface area contributed by atoms with E-state index >= 15 is 0 Å². The second kappa shape index (κ2) is 12.5. The molecule has 1 aliphatic rings. The Kier molecular flexibility index (Phi) is 8.62. The molecule has 218 valence electrons. The van der Waals surface area contributed by atoms with Gasteiger partial charge in [0.15, 0.2) is 17.2 Å². The molecule has 1 atom stereocenters. The third-order valence-electron chi connectivity index (χ3n) is 6.67. The molecule has 4 aromatic rings. The number of ether oxygens (including phenoxy) is 5. The van der Waals surface area contributed by atoms with E-state index in [1.807, 2.05) is 0 Å². The topological polar surface area (TPSA) is 113 Å². The van der Waals surface area contributed by atoms with Crippen molar-refractivity contribution < 1.29 is 32.9 Å². The van der Waals surface area contributed by atoms with E-state index in [0.717, 1.165) is 5.56 Å². The number of nitrogens with zero attached hydrogens (tertiary/aromatic N) is 1. The normalized spacial score (nSPS) is 13.8. The molecule has 5 rings (SSSR count). The number of allylic oxidation sites excluding steroid dienone is 1. The van der Waals surface area contributed by atoms with Crippen LogP contribution in [0.4, 0.5) is 4.39 Å². The monoisotopic (exact) mass is 620 g/mol. The predicted molar refractivity (Wildman–Crippen MR) is 157 cm³/mol. The van der Waals surface area contributed by atoms with Gasteiger partial charge in [-0.05, 0) is 53.6 Å². The molecule has 1 heterocycles. The smallest absolute Gasteiger partial charge is 0.343 e. The summed E-state index contributed by atoms with van der Waals surface area (Å²) in [4.78, 5) is 12.9. The average Bonchev–Trinajstić information content (AvgIpc) is 2.99. The first-order valence-electron chi connectivity index (χ1n) is 12.7. The molecule has 0 fully saturated rings. The second-order valence-corrected chi connectivity index (χ2v) is 10.1. The minimum Gasteiger partial charge on any atom is -0.494 e. The first-order valence-corrected chi connectivity index (χ1v) is 13.5. The highest BCUT2D eigenvalue weighted by Crippen LogP contribution is 2.45. The van der Waals surface area contributed by atoms with E-state index in [9.17, 15) is 14.4 Å². The Morgan fingerprint density at radius 2 is 1.70 bits per heavy atom. The van der Waals surface area contributed by atoms with Crippen LogP contribution in [0.25, 0.3) is 0 Å². The summed E-state index contributed by atoms with van der Waals surface area (Å²) in [5.41, 5.74) is 8.55. The molecule has 0 amide bonds. The Balaban J connectivity index is 1.42. The predicted octanol–water partition coefficient (Wildman–Crippen LogP) is 7.17. The van der Waals surface area contributed by atoms with Gasteiger partial charge in [0.1, 0.15) is 35.6 Å². The summed E-state index contributed by atoms with van der Waals surface area (Å²) in [7, 11) is 2.92. The molecule has 0 spiro atoms. The van der Waals surface area contributed by atoms with E-state index in [-0.39, 0.29) is 51.0 Å². The standard InChI is InChI=1S/C32H23Cl2FN2O6/c1-39-28-13-18(5-10-26(28)41-16-17-3-6-20(35)7-4-17)29-22-9-8-21(14-27(22)43-31(37)23(29)15-36)42-32(38)19-11-24(33)30(40-2)25(34)12-19/h3-14,29H,16,37H2,1-2H3. The number of methoxy groups -OCH3 is 2. The van der Waals surface area contributed by atoms with Crippen molar-refractivity contribution in [2.24, 2.45) is 5.73 Å². The van der Waals surface area contributed by atoms with E-state index in [2.05, 4.69) is 6.07 Å². The lowest BCUT2D eigenvalue weighted by Gasteiger charge is -2.27. The van der Waals surface area contributed by atoms with Crippen molar-refractivity contribution in [3.05, 3.63) is 122 Å². The molecule has 0 saturated heterocycles. The first-order chi connectivity index (χ1) is 20.7. The number of hydrogen-bond acceptors (Lipinski definition) is 8. The van der Waals surface area contributed by atoms with Gasteiger partial charge < -0.3 is 29.4 Å². The van der Waals surface area contributed by atoms with Crippen LogP contribution in [0.15, 0.2) is 84.3 Å². The van der Waals surface area contributed by atoms with Crippen LogP contribution in [0.2, 0.25) is 10.0 Å². The molecule has 2 N–H and O–H groups in total. The lowest BCUT2D eigenvalue weighted by Crippen LogP contribution is -2.21. The Morgan fingerprint density at radius 1 is 0.977 bits per heavy atom. The van der Waals surface area contributed by atoms with Crippen LogP contribution in [-0.4, -0.2) is 20.2 Å². The summed E-state index contributed by atoms with van der Waals surface area (Å²) in [5, 5.41) is 10.3. The zero-order valence-corrected chi connectivity index (χ0v) is 24.3. The van der Waals surface area contributed by atoms with Crippen molar-refractivity contribution in [3.8, 4) is 34.8 Å². The number of nitriles is 1. The highest BCUT2D eigenvalue weighted by molar-refractivity contribution is 6.37. The summed E-state index contributed by atoms with van der Waals surface area (Å²) in [6.07, 6.45) is 0. The summed E-state index contributed by atoms with van der Waals surface area (Å²) < 4.78 is 41.2. The minimum absolute atomic E-state index is 0.0900. The third-order valence-corrected chi connectivity index (χ3v) is 7.23. The van der Waals surface area contributed by atoms with E-state index in [0.29, 0.717) is 28.4 Å². The summed E-state index contributed by atoms with van der Waals surface area (Å²) in [5.74, 6) is -0.154. The Morgan fingerprint density at radius 3 is 2.35 bits per heavy atom. The number of carbonyl (C=O) groups is 1. The summed E-state index contributed by atoms with van der Waals surface area (Å²) in [6.45, 7) is 0.197. The van der Waals surface area contributed by atoms with Crippen molar-refractivity contribution in [2.75, 3.05) is 14.2 Å². The maximum Gasteiger partial charge on any atom is 0.343 e. The molecule has 0 aliphatic carbocycles. The Labute approximate surface area is 256 Å². The number of halogens is 3. The van der Waals surface area contributed by atoms with Crippen molar-refractivity contribution in [2.45, 2.75) is 12.5 Å². The summed E-state index contributed by atoms with van der Waals surface area (Å²) in [6, 6.07) is 20.9. The van der Waals surface area contributed by atoms with Crippen LogP contribution in [0.1, 0.15) is 33.0 Å². The highest BCUT2D eigenvalue weighted by atomic mass is 35.5. The third kappa shape index (κ3) is 6.16. The molecule has 0 bridgehead atoms. The van der Waals surface area contributed by atoms with E-state index in [1.165, 1.54) is 44.6 Å². The molecular formula is C32H23Cl2FN2O6. The van der Waals surface area contributed by atoms with Crippen LogP contribution >= 0.6 is 23.2 Å². The number of esters is 1. The van der Waals surface area contributed by atoms with Gasteiger partial charge in [0, 0.05) is 11.6 Å². The molecule has 1 unspecified atom stereocenters. The Bertz CT molecular complexity index is 1760. The van der Waals surface area contributed by atoms with Gasteiger partial charge in [0.25, 0.3) is 0 Å². The number of carbonyl (C=O) groups excluding carboxylic acids is 1. The Hall–Kier alpha value is -4.91. The molecule has 0 aromatic heterocycles. The van der Waals surface area contributed by atoms with Crippen LogP contribution in [0.5, 0.6) is 28.7 Å². The largest absolute Gasteiger partial charge is 0.494 e. The maximum atomic E-state index is 13.2. The zero-order chi connectivity index (χ0) is 30.7. The molecule has 0 saturated carbocycles. The van der Waals surface area contributed by atoms with Crippen molar-refractivity contribution in [3.63, 3.8) is 0 Å². The van der Waals surface area contributed by atoms with Gasteiger partial charge in [-0.25, -0.2) is 9.18 Å².